The summed E-state index contributed by atoms with van der Waals surface area (Å²) in [6.07, 6.45) is 5.64. The minimum atomic E-state index is -0.0723. The minimum Gasteiger partial charge on any atom is -0.371 e. The fourth-order valence-corrected chi connectivity index (χ4v) is 1.88. The van der Waals surface area contributed by atoms with Gasteiger partial charge in [-0.1, -0.05) is 19.8 Å². The van der Waals surface area contributed by atoms with E-state index in [-0.39, 0.29) is 17.6 Å². The SMILES string of the molecule is CCC(C)(C)OC1CCCCC1C#N. The van der Waals surface area contributed by atoms with E-state index in [0.717, 1.165) is 19.3 Å². The zero-order valence-corrected chi connectivity index (χ0v) is 9.55. The molecule has 14 heavy (non-hydrogen) atoms. The second-order valence-corrected chi connectivity index (χ2v) is 4.79. The summed E-state index contributed by atoms with van der Waals surface area (Å²) in [5.41, 5.74) is -0.0723. The van der Waals surface area contributed by atoms with E-state index in [2.05, 4.69) is 26.8 Å². The van der Waals surface area contributed by atoms with Gasteiger partial charge in [-0.05, 0) is 33.1 Å². The molecule has 2 heteroatoms. The lowest BCUT2D eigenvalue weighted by Gasteiger charge is -2.34. The minimum absolute atomic E-state index is 0.0723. The van der Waals surface area contributed by atoms with Crippen molar-refractivity contribution < 1.29 is 4.74 Å². The van der Waals surface area contributed by atoms with Crippen LogP contribution in [0.5, 0.6) is 0 Å². The highest BCUT2D eigenvalue weighted by Crippen LogP contribution is 2.30. The topological polar surface area (TPSA) is 33.0 Å². The molecule has 0 saturated heterocycles. The second kappa shape index (κ2) is 4.79. The molecule has 2 atom stereocenters. The molecule has 0 aromatic rings. The molecular formula is C12H21NO. The maximum absolute atomic E-state index is 9.00. The zero-order valence-electron chi connectivity index (χ0n) is 9.55. The first-order valence-electron chi connectivity index (χ1n) is 5.66. The Labute approximate surface area is 87.3 Å². The van der Waals surface area contributed by atoms with Crippen molar-refractivity contribution in [3.05, 3.63) is 0 Å². The van der Waals surface area contributed by atoms with Gasteiger partial charge in [0.15, 0.2) is 0 Å². The van der Waals surface area contributed by atoms with Gasteiger partial charge in [0.05, 0.1) is 23.7 Å². The summed E-state index contributed by atoms with van der Waals surface area (Å²) in [6.45, 7) is 6.34. The van der Waals surface area contributed by atoms with Crippen LogP contribution in [-0.4, -0.2) is 11.7 Å². The highest BCUT2D eigenvalue weighted by molar-refractivity contribution is 4.92. The van der Waals surface area contributed by atoms with Crippen LogP contribution in [0.2, 0.25) is 0 Å². The summed E-state index contributed by atoms with van der Waals surface area (Å²) in [4.78, 5) is 0. The summed E-state index contributed by atoms with van der Waals surface area (Å²) in [6, 6.07) is 2.38. The standard InChI is InChI=1S/C12H21NO/c1-4-12(2,3)14-11-8-6-5-7-10(11)9-13/h10-11H,4-8H2,1-3H3. The number of ether oxygens (including phenoxy) is 1. The van der Waals surface area contributed by atoms with E-state index in [1.54, 1.807) is 0 Å². The monoisotopic (exact) mass is 195 g/mol. The number of hydrogen-bond acceptors (Lipinski definition) is 2. The summed E-state index contributed by atoms with van der Waals surface area (Å²) < 4.78 is 6.01. The van der Waals surface area contributed by atoms with Crippen LogP contribution in [0.25, 0.3) is 0 Å². The van der Waals surface area contributed by atoms with Gasteiger partial charge in [0.2, 0.25) is 0 Å². The molecule has 1 aliphatic rings. The second-order valence-electron chi connectivity index (χ2n) is 4.79. The van der Waals surface area contributed by atoms with Gasteiger partial charge in [0.1, 0.15) is 0 Å². The van der Waals surface area contributed by atoms with Gasteiger partial charge in [-0.3, -0.25) is 0 Å². The fraction of sp³-hybridized carbons (Fsp3) is 0.917. The Morgan fingerprint density at radius 3 is 2.57 bits per heavy atom. The van der Waals surface area contributed by atoms with Crippen molar-refractivity contribution >= 4 is 0 Å². The Balaban J connectivity index is 2.53. The van der Waals surface area contributed by atoms with E-state index in [9.17, 15) is 0 Å². The molecule has 1 aliphatic carbocycles. The summed E-state index contributed by atoms with van der Waals surface area (Å²) >= 11 is 0. The summed E-state index contributed by atoms with van der Waals surface area (Å²) in [5, 5.41) is 9.00. The lowest BCUT2D eigenvalue weighted by atomic mass is 9.87. The van der Waals surface area contributed by atoms with Gasteiger partial charge in [-0.2, -0.15) is 5.26 Å². The first-order valence-corrected chi connectivity index (χ1v) is 5.66. The Hall–Kier alpha value is -0.550. The first-order chi connectivity index (χ1) is 6.59. The number of nitrogens with zero attached hydrogens (tertiary/aromatic N) is 1. The fourth-order valence-electron chi connectivity index (χ4n) is 1.88. The van der Waals surface area contributed by atoms with Crippen LogP contribution < -0.4 is 0 Å². The molecule has 0 radical (unpaired) electrons. The van der Waals surface area contributed by atoms with Crippen LogP contribution in [-0.2, 0) is 4.74 Å². The summed E-state index contributed by atoms with van der Waals surface area (Å²) in [5.74, 6) is 0.120. The van der Waals surface area contributed by atoms with Gasteiger partial charge in [-0.25, -0.2) is 0 Å². The predicted molar refractivity (Wildman–Crippen MR) is 56.8 cm³/mol. The molecule has 1 fully saturated rings. The maximum Gasteiger partial charge on any atom is 0.0740 e. The van der Waals surface area contributed by atoms with Crippen molar-refractivity contribution in [2.24, 2.45) is 5.92 Å². The smallest absolute Gasteiger partial charge is 0.0740 e. The molecule has 2 nitrogen and oxygen atoms in total. The Kier molecular flexibility index (Phi) is 3.95. The molecule has 2 unspecified atom stereocenters. The van der Waals surface area contributed by atoms with Crippen LogP contribution in [0.1, 0.15) is 52.9 Å². The molecular weight excluding hydrogens is 174 g/mol. The highest BCUT2D eigenvalue weighted by Gasteiger charge is 2.30. The first kappa shape index (κ1) is 11.5. The van der Waals surface area contributed by atoms with Crippen LogP contribution in [0.3, 0.4) is 0 Å². The largest absolute Gasteiger partial charge is 0.371 e. The Morgan fingerprint density at radius 2 is 2.00 bits per heavy atom. The molecule has 0 bridgehead atoms. The number of hydrogen-bond donors (Lipinski definition) is 0. The molecule has 80 valence electrons. The van der Waals surface area contributed by atoms with Crippen molar-refractivity contribution in [1.82, 2.24) is 0 Å². The lowest BCUT2D eigenvalue weighted by molar-refractivity contribution is -0.0994. The average molecular weight is 195 g/mol. The van der Waals surface area contributed by atoms with Crippen molar-refractivity contribution in [3.63, 3.8) is 0 Å². The zero-order chi connectivity index (χ0) is 10.6. The molecule has 1 saturated carbocycles. The van der Waals surface area contributed by atoms with Crippen molar-refractivity contribution in [1.29, 1.82) is 5.26 Å². The van der Waals surface area contributed by atoms with Crippen molar-refractivity contribution in [2.75, 3.05) is 0 Å². The van der Waals surface area contributed by atoms with Gasteiger partial charge in [-0.15, -0.1) is 0 Å². The van der Waals surface area contributed by atoms with Crippen LogP contribution in [0.15, 0.2) is 0 Å². The highest BCUT2D eigenvalue weighted by atomic mass is 16.5. The van der Waals surface area contributed by atoms with E-state index in [0.29, 0.717) is 0 Å². The van der Waals surface area contributed by atoms with E-state index in [1.807, 2.05) is 0 Å². The van der Waals surface area contributed by atoms with E-state index >= 15 is 0 Å². The van der Waals surface area contributed by atoms with E-state index in [1.165, 1.54) is 12.8 Å². The Morgan fingerprint density at radius 1 is 1.36 bits per heavy atom. The van der Waals surface area contributed by atoms with E-state index < -0.39 is 0 Å². The molecule has 0 aromatic carbocycles. The Bertz CT molecular complexity index is 217. The third kappa shape index (κ3) is 2.99. The average Bonchev–Trinajstić information content (AvgIpc) is 2.18. The molecule has 0 heterocycles. The third-order valence-corrected chi connectivity index (χ3v) is 3.19. The van der Waals surface area contributed by atoms with Gasteiger partial charge >= 0.3 is 0 Å². The predicted octanol–water partition coefficient (Wildman–Crippen LogP) is 3.27. The van der Waals surface area contributed by atoms with Crippen molar-refractivity contribution in [3.8, 4) is 6.07 Å². The maximum atomic E-state index is 9.00. The molecule has 0 amide bonds. The summed E-state index contributed by atoms with van der Waals surface area (Å²) in [7, 11) is 0. The van der Waals surface area contributed by atoms with Gasteiger partial charge < -0.3 is 4.74 Å². The molecule has 1 rings (SSSR count). The molecule has 0 spiro atoms. The van der Waals surface area contributed by atoms with Crippen LogP contribution >= 0.6 is 0 Å². The number of nitriles is 1. The van der Waals surface area contributed by atoms with Crippen LogP contribution in [0.4, 0.5) is 0 Å². The van der Waals surface area contributed by atoms with Crippen LogP contribution in [0, 0.1) is 17.2 Å². The molecule has 0 aromatic heterocycles. The van der Waals surface area contributed by atoms with E-state index in [4.69, 9.17) is 10.00 Å². The quantitative estimate of drug-likeness (QED) is 0.692. The van der Waals surface area contributed by atoms with Gasteiger partial charge in [0.25, 0.3) is 0 Å². The third-order valence-electron chi connectivity index (χ3n) is 3.19. The van der Waals surface area contributed by atoms with Crippen molar-refractivity contribution in [2.45, 2.75) is 64.6 Å². The number of rotatable bonds is 3. The molecule has 0 aliphatic heterocycles. The molecule has 0 N–H and O–H groups in total. The lowest BCUT2D eigenvalue weighted by Crippen LogP contribution is -2.35. The van der Waals surface area contributed by atoms with Gasteiger partial charge in [0, 0.05) is 0 Å². The normalized spacial score (nSPS) is 28.4.